The number of rotatable bonds is 4. The Morgan fingerprint density at radius 2 is 2.03 bits per heavy atom. The molecule has 0 unspecified atom stereocenters. The molecule has 0 radical (unpaired) electrons. The highest BCUT2D eigenvalue weighted by Gasteiger charge is 2.54. The van der Waals surface area contributed by atoms with E-state index in [0.717, 1.165) is 25.3 Å². The minimum absolute atomic E-state index is 0.127. The van der Waals surface area contributed by atoms with E-state index in [1.807, 2.05) is 16.7 Å². The average molecular weight is 421 g/mol. The zero-order chi connectivity index (χ0) is 21.7. The lowest BCUT2D eigenvalue weighted by Crippen LogP contribution is -2.52. The van der Waals surface area contributed by atoms with E-state index in [4.69, 9.17) is 10.00 Å². The van der Waals surface area contributed by atoms with Crippen LogP contribution in [0.2, 0.25) is 0 Å². The van der Waals surface area contributed by atoms with Crippen molar-refractivity contribution in [3.8, 4) is 6.07 Å². The fraction of sp³-hybridized carbons (Fsp3) is 0.636. The smallest absolute Gasteiger partial charge is 0.384 e. The summed E-state index contributed by atoms with van der Waals surface area (Å²) in [6.45, 7) is 4.92. The highest BCUT2D eigenvalue weighted by Crippen LogP contribution is 2.50. The number of halogens is 3. The van der Waals surface area contributed by atoms with Gasteiger partial charge in [-0.15, -0.1) is 0 Å². The molecule has 1 aromatic rings. The number of carbonyl (C=O) groups excluding carboxylic acids is 1. The quantitative estimate of drug-likeness (QED) is 0.744. The van der Waals surface area contributed by atoms with Gasteiger partial charge in [0.25, 0.3) is 0 Å². The molecule has 2 aliphatic heterocycles. The maximum atomic E-state index is 13.4. The molecule has 1 aromatic carbocycles. The highest BCUT2D eigenvalue weighted by atomic mass is 19.4. The SMILES string of the molecule is COC[C@@]12CCN(C(=O)C3(C)CC3)C[C@@H]1CN(c1ccc(C#N)c(C(F)(F)F)c1)C2. The van der Waals surface area contributed by atoms with Gasteiger partial charge < -0.3 is 14.5 Å². The molecular weight excluding hydrogens is 395 g/mol. The van der Waals surface area contributed by atoms with Gasteiger partial charge in [0.15, 0.2) is 0 Å². The van der Waals surface area contributed by atoms with Gasteiger partial charge >= 0.3 is 6.18 Å². The summed E-state index contributed by atoms with van der Waals surface area (Å²) in [5.74, 6) is 0.326. The molecule has 162 valence electrons. The molecule has 3 aliphatic rings. The third-order valence-corrected chi connectivity index (χ3v) is 7.16. The number of ether oxygens (including phenoxy) is 1. The van der Waals surface area contributed by atoms with Crippen LogP contribution in [0.1, 0.15) is 37.3 Å². The zero-order valence-corrected chi connectivity index (χ0v) is 17.3. The summed E-state index contributed by atoms with van der Waals surface area (Å²) < 4.78 is 45.8. The molecule has 1 saturated carbocycles. The molecular formula is C22H26F3N3O2. The standard InChI is InChI=1S/C22H26F3N3O2/c1-20(5-6-20)19(29)27-8-7-21(14-30-2)13-28(12-16(21)11-27)17-4-3-15(10-26)18(9-17)22(23,24)25/h3-4,9,16H,5-8,11-14H2,1-2H3/t16-,21+/m1/s1. The number of methoxy groups -OCH3 is 1. The van der Waals surface area contributed by atoms with Crippen LogP contribution in [0.25, 0.3) is 0 Å². The first-order valence-electron chi connectivity index (χ1n) is 10.3. The van der Waals surface area contributed by atoms with Crippen LogP contribution >= 0.6 is 0 Å². The second kappa shape index (κ2) is 7.16. The lowest BCUT2D eigenvalue weighted by Gasteiger charge is -2.43. The second-order valence-corrected chi connectivity index (χ2v) is 9.27. The van der Waals surface area contributed by atoms with Crippen molar-refractivity contribution in [1.82, 2.24) is 4.90 Å². The molecule has 0 bridgehead atoms. The number of fused-ring (bicyclic) bond motifs is 1. The van der Waals surface area contributed by atoms with Crippen LogP contribution in [0, 0.1) is 28.1 Å². The number of nitriles is 1. The highest BCUT2D eigenvalue weighted by molar-refractivity contribution is 5.85. The molecule has 2 atom stereocenters. The van der Waals surface area contributed by atoms with Crippen molar-refractivity contribution in [2.75, 3.05) is 44.8 Å². The van der Waals surface area contributed by atoms with Crippen molar-refractivity contribution in [3.63, 3.8) is 0 Å². The lowest BCUT2D eigenvalue weighted by atomic mass is 9.73. The first-order chi connectivity index (χ1) is 14.1. The minimum atomic E-state index is -4.58. The maximum Gasteiger partial charge on any atom is 0.417 e. The van der Waals surface area contributed by atoms with E-state index in [9.17, 15) is 18.0 Å². The first kappa shape index (κ1) is 21.0. The summed E-state index contributed by atoms with van der Waals surface area (Å²) in [5.41, 5.74) is -1.24. The van der Waals surface area contributed by atoms with E-state index in [-0.39, 0.29) is 28.2 Å². The van der Waals surface area contributed by atoms with Gasteiger partial charge in [-0.1, -0.05) is 6.92 Å². The van der Waals surface area contributed by atoms with Crippen molar-refractivity contribution in [2.24, 2.45) is 16.7 Å². The van der Waals surface area contributed by atoms with E-state index in [0.29, 0.717) is 38.5 Å². The molecule has 1 amide bonds. The summed E-state index contributed by atoms with van der Waals surface area (Å²) >= 11 is 0. The van der Waals surface area contributed by atoms with Gasteiger partial charge in [-0.2, -0.15) is 18.4 Å². The van der Waals surface area contributed by atoms with Crippen LogP contribution in [-0.4, -0.2) is 50.7 Å². The number of anilines is 1. The Bertz CT molecular complexity index is 891. The van der Waals surface area contributed by atoms with Gasteiger partial charge in [0, 0.05) is 55.7 Å². The molecule has 0 N–H and O–H groups in total. The van der Waals surface area contributed by atoms with E-state index in [1.165, 1.54) is 6.07 Å². The molecule has 30 heavy (non-hydrogen) atoms. The zero-order valence-electron chi connectivity index (χ0n) is 17.3. The number of hydrogen-bond acceptors (Lipinski definition) is 4. The Kier molecular flexibility index (Phi) is 5.00. The minimum Gasteiger partial charge on any atom is -0.384 e. The number of likely N-dealkylation sites (tertiary alicyclic amines) is 1. The fourth-order valence-electron chi connectivity index (χ4n) is 5.03. The normalized spacial score (nSPS) is 27.5. The van der Waals surface area contributed by atoms with Crippen LogP contribution in [0.5, 0.6) is 0 Å². The summed E-state index contributed by atoms with van der Waals surface area (Å²) in [6, 6.07) is 5.53. The topological polar surface area (TPSA) is 56.6 Å². The average Bonchev–Trinajstić information content (AvgIpc) is 3.34. The summed E-state index contributed by atoms with van der Waals surface area (Å²) in [4.78, 5) is 16.7. The van der Waals surface area contributed by atoms with E-state index in [2.05, 4.69) is 0 Å². The maximum absolute atomic E-state index is 13.4. The molecule has 2 saturated heterocycles. The monoisotopic (exact) mass is 421 g/mol. The first-order valence-corrected chi connectivity index (χ1v) is 10.3. The third kappa shape index (κ3) is 3.53. The number of carbonyl (C=O) groups is 1. The number of hydrogen-bond donors (Lipinski definition) is 0. The van der Waals surface area contributed by atoms with Crippen molar-refractivity contribution in [3.05, 3.63) is 29.3 Å². The largest absolute Gasteiger partial charge is 0.417 e. The Morgan fingerprint density at radius 1 is 1.30 bits per heavy atom. The van der Waals surface area contributed by atoms with E-state index >= 15 is 0 Å². The van der Waals surface area contributed by atoms with Gasteiger partial charge in [-0.05, 0) is 37.5 Å². The fourth-order valence-corrected chi connectivity index (χ4v) is 5.03. The molecule has 4 rings (SSSR count). The summed E-state index contributed by atoms with van der Waals surface area (Å²) in [7, 11) is 1.64. The Labute approximate surface area is 174 Å². The molecule has 0 aromatic heterocycles. The van der Waals surface area contributed by atoms with Crippen molar-refractivity contribution < 1.29 is 22.7 Å². The van der Waals surface area contributed by atoms with Crippen LogP contribution in [-0.2, 0) is 15.7 Å². The van der Waals surface area contributed by atoms with Crippen molar-refractivity contribution >= 4 is 11.6 Å². The van der Waals surface area contributed by atoms with E-state index < -0.39 is 11.7 Å². The predicted octanol–water partition coefficient (Wildman–Crippen LogP) is 3.68. The van der Waals surface area contributed by atoms with Gasteiger partial charge in [0.1, 0.15) is 0 Å². The van der Waals surface area contributed by atoms with Crippen LogP contribution in [0.3, 0.4) is 0 Å². The number of alkyl halides is 3. The van der Waals surface area contributed by atoms with E-state index in [1.54, 1.807) is 19.2 Å². The molecule has 3 fully saturated rings. The van der Waals surface area contributed by atoms with Gasteiger partial charge in [0.2, 0.25) is 5.91 Å². The third-order valence-electron chi connectivity index (χ3n) is 7.16. The molecule has 0 spiro atoms. The number of amides is 1. The Morgan fingerprint density at radius 3 is 2.63 bits per heavy atom. The second-order valence-electron chi connectivity index (χ2n) is 9.27. The van der Waals surface area contributed by atoms with Gasteiger partial charge in [0.05, 0.1) is 23.8 Å². The molecule has 5 nitrogen and oxygen atoms in total. The van der Waals surface area contributed by atoms with Crippen LogP contribution in [0.15, 0.2) is 18.2 Å². The summed E-state index contributed by atoms with van der Waals surface area (Å²) in [6.07, 6.45) is -1.96. The molecule has 2 heterocycles. The molecule has 1 aliphatic carbocycles. The number of piperidine rings is 1. The van der Waals surface area contributed by atoms with Gasteiger partial charge in [-0.25, -0.2) is 0 Å². The molecule has 8 heteroatoms. The van der Waals surface area contributed by atoms with Gasteiger partial charge in [-0.3, -0.25) is 4.79 Å². The Hall–Kier alpha value is -2.27. The number of nitrogens with zero attached hydrogens (tertiary/aromatic N) is 3. The Balaban J connectivity index is 1.59. The van der Waals surface area contributed by atoms with Crippen molar-refractivity contribution in [1.29, 1.82) is 5.26 Å². The summed E-state index contributed by atoms with van der Waals surface area (Å²) in [5, 5.41) is 9.05. The van der Waals surface area contributed by atoms with Crippen LogP contribution in [0.4, 0.5) is 18.9 Å². The van der Waals surface area contributed by atoms with Crippen LogP contribution < -0.4 is 4.90 Å². The van der Waals surface area contributed by atoms with Crippen molar-refractivity contribution in [2.45, 2.75) is 32.4 Å². The number of benzene rings is 1. The predicted molar refractivity (Wildman–Crippen MR) is 105 cm³/mol. The lowest BCUT2D eigenvalue weighted by molar-refractivity contribution is -0.141.